The van der Waals surface area contributed by atoms with Gasteiger partial charge in [0.05, 0.1) is 34.7 Å². The van der Waals surface area contributed by atoms with E-state index in [1.807, 2.05) is 12.7 Å². The second-order valence-corrected chi connectivity index (χ2v) is 19.4. The number of aryl methyl sites for hydroxylation is 2. The molecule has 0 bridgehead atoms. The molecule has 0 saturated heterocycles. The van der Waals surface area contributed by atoms with E-state index >= 15 is 0 Å². The first-order valence-corrected chi connectivity index (χ1v) is 25.0. The van der Waals surface area contributed by atoms with Crippen molar-refractivity contribution in [3.63, 3.8) is 0 Å². The maximum atomic E-state index is 4.82. The number of fused-ring (bicyclic) bond motifs is 8. The Morgan fingerprint density at radius 1 is 0.391 bits per heavy atom. The first-order chi connectivity index (χ1) is 33.9. The minimum absolute atomic E-state index is 0.141. The second kappa shape index (κ2) is 17.4. The third kappa shape index (κ3) is 7.41. The van der Waals surface area contributed by atoms with Gasteiger partial charge in [0.15, 0.2) is 0 Å². The van der Waals surface area contributed by atoms with Gasteiger partial charge in [-0.25, -0.2) is 9.97 Å². The average Bonchev–Trinajstić information content (AvgIpc) is 4.03. The van der Waals surface area contributed by atoms with Gasteiger partial charge in [0.2, 0.25) is 0 Å². The molecule has 2 heterocycles. The molecule has 9 aromatic carbocycles. The third-order valence-corrected chi connectivity index (χ3v) is 15.1. The van der Waals surface area contributed by atoms with E-state index in [2.05, 4.69) is 222 Å². The molecule has 69 heavy (non-hydrogen) atoms. The predicted molar refractivity (Wildman–Crippen MR) is 291 cm³/mol. The summed E-state index contributed by atoms with van der Waals surface area (Å²) in [5.74, 6) is 0. The van der Waals surface area contributed by atoms with Gasteiger partial charge in [-0.3, -0.25) is 0 Å². The SMILES string of the molecule is CCCCCC1(CCCCC)c2cc(N(c3ccc4ccccc4c3)c3ccc4c(c3)ncn4C)ccc2-c2cc3ccc(N(c4ccc5ccccc5c4)c4ccc5ncn(C)c5c4)cc3cc21. The molecule has 0 radical (unpaired) electrons. The van der Waals surface area contributed by atoms with E-state index in [0.717, 1.165) is 63.3 Å². The number of hydrogen-bond acceptors (Lipinski definition) is 4. The van der Waals surface area contributed by atoms with E-state index < -0.39 is 0 Å². The highest BCUT2D eigenvalue weighted by Gasteiger charge is 2.43. The highest BCUT2D eigenvalue weighted by Crippen LogP contribution is 2.57. The summed E-state index contributed by atoms with van der Waals surface area (Å²) in [5, 5.41) is 7.44. The molecule has 0 N–H and O–H groups in total. The summed E-state index contributed by atoms with van der Waals surface area (Å²) >= 11 is 0. The Labute approximate surface area is 405 Å². The van der Waals surface area contributed by atoms with E-state index in [9.17, 15) is 0 Å². The van der Waals surface area contributed by atoms with Gasteiger partial charge in [0.1, 0.15) is 0 Å². The highest BCUT2D eigenvalue weighted by molar-refractivity contribution is 5.99. The number of rotatable bonds is 14. The van der Waals surface area contributed by atoms with Crippen molar-refractivity contribution < 1.29 is 0 Å². The van der Waals surface area contributed by atoms with Crippen molar-refractivity contribution >= 4 is 88.5 Å². The normalized spacial score (nSPS) is 12.9. The molecule has 0 spiro atoms. The van der Waals surface area contributed by atoms with Crippen molar-refractivity contribution in [2.24, 2.45) is 14.1 Å². The molecule has 0 fully saturated rings. The number of imidazole rings is 2. The van der Waals surface area contributed by atoms with Crippen LogP contribution in [0, 0.1) is 0 Å². The lowest BCUT2D eigenvalue weighted by Gasteiger charge is -2.34. The van der Waals surface area contributed by atoms with Crippen LogP contribution in [0.4, 0.5) is 34.1 Å². The number of anilines is 6. The van der Waals surface area contributed by atoms with Gasteiger partial charge in [-0.05, 0) is 164 Å². The van der Waals surface area contributed by atoms with Crippen molar-refractivity contribution in [1.82, 2.24) is 19.1 Å². The zero-order valence-corrected chi connectivity index (χ0v) is 40.2. The minimum Gasteiger partial charge on any atom is -0.334 e. The lowest BCUT2D eigenvalue weighted by Crippen LogP contribution is -2.26. The molecule has 12 rings (SSSR count). The van der Waals surface area contributed by atoms with Crippen LogP contribution in [-0.4, -0.2) is 19.1 Å². The van der Waals surface area contributed by atoms with Crippen LogP contribution in [-0.2, 0) is 19.5 Å². The van der Waals surface area contributed by atoms with Crippen molar-refractivity contribution in [2.75, 3.05) is 9.80 Å². The fraction of sp³-hybridized carbons (Fsp3) is 0.206. The molecule has 1 aliphatic rings. The van der Waals surface area contributed by atoms with E-state index in [0.29, 0.717) is 0 Å². The molecule has 6 nitrogen and oxygen atoms in total. The fourth-order valence-corrected chi connectivity index (χ4v) is 11.6. The second-order valence-electron chi connectivity index (χ2n) is 19.4. The Morgan fingerprint density at radius 2 is 0.870 bits per heavy atom. The monoisotopic (exact) mass is 898 g/mol. The van der Waals surface area contributed by atoms with Gasteiger partial charge in [0.25, 0.3) is 0 Å². The van der Waals surface area contributed by atoms with Crippen molar-refractivity contribution in [3.05, 3.63) is 194 Å². The Bertz CT molecular complexity index is 3710. The van der Waals surface area contributed by atoms with E-state index in [1.54, 1.807) is 0 Å². The Hall–Kier alpha value is -7.70. The van der Waals surface area contributed by atoms with Gasteiger partial charge in [-0.15, -0.1) is 0 Å². The van der Waals surface area contributed by atoms with Crippen LogP contribution in [0.1, 0.15) is 76.3 Å². The molecular weight excluding hydrogens is 841 g/mol. The Balaban J connectivity index is 1.04. The van der Waals surface area contributed by atoms with Crippen LogP contribution in [0.25, 0.3) is 65.5 Å². The van der Waals surface area contributed by atoms with Gasteiger partial charge >= 0.3 is 0 Å². The average molecular weight is 899 g/mol. The number of aromatic nitrogens is 4. The quantitative estimate of drug-likeness (QED) is 0.102. The fourth-order valence-electron chi connectivity index (χ4n) is 11.6. The minimum atomic E-state index is -0.141. The molecule has 0 amide bonds. The van der Waals surface area contributed by atoms with Crippen LogP contribution in [0.15, 0.2) is 183 Å². The molecule has 6 heteroatoms. The van der Waals surface area contributed by atoms with E-state index in [-0.39, 0.29) is 5.41 Å². The van der Waals surface area contributed by atoms with Crippen molar-refractivity contribution in [2.45, 2.75) is 70.6 Å². The summed E-state index contributed by atoms with van der Waals surface area (Å²) in [7, 11) is 4.14. The molecule has 2 aromatic heterocycles. The van der Waals surface area contributed by atoms with Crippen LogP contribution >= 0.6 is 0 Å². The molecule has 0 aliphatic heterocycles. The van der Waals surface area contributed by atoms with Crippen molar-refractivity contribution in [3.8, 4) is 11.1 Å². The standard InChI is InChI=1S/C63H58N6/c1-5-7-13-31-63(32-14-8-6-2)57-37-48-35-51(68(49-22-19-43-15-9-11-17-45(43)33-49)54-26-29-59-62(40-54)67(4)41-64-59)24-21-47(48)36-56(57)55-28-25-52(38-58(55)63)69(50-23-20-44-16-10-12-18-46(44)34-50)53-27-30-61-60(39-53)65-42-66(61)3/h9-12,15-30,33-42H,5-8,13-14,31-32H2,1-4H3. The third-order valence-electron chi connectivity index (χ3n) is 15.1. The van der Waals surface area contributed by atoms with Crippen LogP contribution < -0.4 is 9.80 Å². The molecule has 0 unspecified atom stereocenters. The Kier molecular flexibility index (Phi) is 10.8. The number of unbranched alkanes of at least 4 members (excludes halogenated alkanes) is 4. The molecule has 0 saturated carbocycles. The van der Waals surface area contributed by atoms with E-state index in [4.69, 9.17) is 4.98 Å². The van der Waals surface area contributed by atoms with E-state index in [1.165, 1.54) is 98.8 Å². The van der Waals surface area contributed by atoms with Crippen LogP contribution in [0.3, 0.4) is 0 Å². The smallest absolute Gasteiger partial charge is 0.0955 e. The van der Waals surface area contributed by atoms with Crippen LogP contribution in [0.5, 0.6) is 0 Å². The summed E-state index contributed by atoms with van der Waals surface area (Å²) in [6.07, 6.45) is 13.2. The van der Waals surface area contributed by atoms with Crippen LogP contribution in [0.2, 0.25) is 0 Å². The predicted octanol–water partition coefficient (Wildman–Crippen LogP) is 17.3. The summed E-state index contributed by atoms with van der Waals surface area (Å²) in [5.41, 5.74) is 16.5. The lowest BCUT2D eigenvalue weighted by molar-refractivity contribution is 0.405. The van der Waals surface area contributed by atoms with Gasteiger partial charge in [-0.1, -0.05) is 125 Å². The first kappa shape index (κ1) is 42.6. The van der Waals surface area contributed by atoms with Gasteiger partial charge in [-0.2, -0.15) is 0 Å². The summed E-state index contributed by atoms with van der Waals surface area (Å²) in [6, 6.07) is 64.0. The maximum Gasteiger partial charge on any atom is 0.0955 e. The van der Waals surface area contributed by atoms with Gasteiger partial charge < -0.3 is 18.9 Å². The molecular formula is C63H58N6. The molecule has 0 atom stereocenters. The summed E-state index contributed by atoms with van der Waals surface area (Å²) in [4.78, 5) is 14.4. The molecule has 1 aliphatic carbocycles. The summed E-state index contributed by atoms with van der Waals surface area (Å²) < 4.78 is 4.21. The Morgan fingerprint density at radius 3 is 1.52 bits per heavy atom. The first-order valence-electron chi connectivity index (χ1n) is 25.0. The number of nitrogens with zero attached hydrogens (tertiary/aromatic N) is 6. The van der Waals surface area contributed by atoms with Crippen molar-refractivity contribution in [1.29, 1.82) is 0 Å². The maximum absolute atomic E-state index is 4.82. The molecule has 340 valence electrons. The highest BCUT2D eigenvalue weighted by atomic mass is 15.2. The topological polar surface area (TPSA) is 42.1 Å². The summed E-state index contributed by atoms with van der Waals surface area (Å²) in [6.45, 7) is 4.67. The zero-order chi connectivity index (χ0) is 46.6. The largest absolute Gasteiger partial charge is 0.334 e. The zero-order valence-electron chi connectivity index (χ0n) is 40.2. The molecule has 11 aromatic rings. The number of hydrogen-bond donors (Lipinski definition) is 0. The number of benzene rings is 9. The lowest BCUT2D eigenvalue weighted by atomic mass is 9.70. The van der Waals surface area contributed by atoms with Gasteiger partial charge in [0, 0.05) is 53.6 Å².